The van der Waals surface area contributed by atoms with Crippen LogP contribution < -0.4 is 5.32 Å². The van der Waals surface area contributed by atoms with Crippen molar-refractivity contribution in [2.75, 3.05) is 26.7 Å². The second-order valence-corrected chi connectivity index (χ2v) is 6.18. The van der Waals surface area contributed by atoms with Crippen molar-refractivity contribution >= 4 is 0 Å². The summed E-state index contributed by atoms with van der Waals surface area (Å²) in [5.41, 5.74) is 2.88. The van der Waals surface area contributed by atoms with E-state index in [0.29, 0.717) is 5.92 Å². The minimum atomic E-state index is 0.584. The lowest BCUT2D eigenvalue weighted by atomic mass is 9.99. The van der Waals surface area contributed by atoms with Gasteiger partial charge < -0.3 is 5.32 Å². The molecule has 0 fully saturated rings. The fourth-order valence-corrected chi connectivity index (χ4v) is 2.67. The molecule has 0 saturated heterocycles. The van der Waals surface area contributed by atoms with Gasteiger partial charge in [0, 0.05) is 13.1 Å². The molecule has 21 heavy (non-hydrogen) atoms. The van der Waals surface area contributed by atoms with Gasteiger partial charge in [-0.3, -0.25) is 4.90 Å². The number of hydrogen-bond donors (Lipinski definition) is 1. The molecule has 0 aliphatic heterocycles. The maximum Gasteiger partial charge on any atom is 0.0233 e. The summed E-state index contributed by atoms with van der Waals surface area (Å²) in [6.45, 7) is 11.4. The molecule has 0 bridgehead atoms. The first-order valence-corrected chi connectivity index (χ1v) is 8.67. The highest BCUT2D eigenvalue weighted by atomic mass is 15.1. The van der Waals surface area contributed by atoms with E-state index in [1.165, 1.54) is 49.9 Å². The number of likely N-dealkylation sites (N-methyl/N-ethyl adjacent to an activating group) is 1. The molecule has 2 heteroatoms. The third kappa shape index (κ3) is 7.10. The highest BCUT2D eigenvalue weighted by molar-refractivity contribution is 5.25. The maximum absolute atomic E-state index is 3.25. The molecule has 0 heterocycles. The van der Waals surface area contributed by atoms with Gasteiger partial charge in [0.25, 0.3) is 0 Å². The largest absolute Gasteiger partial charge is 0.319 e. The summed E-state index contributed by atoms with van der Waals surface area (Å²) in [5.74, 6) is 0.584. The van der Waals surface area contributed by atoms with E-state index in [2.05, 4.69) is 55.3 Å². The van der Waals surface area contributed by atoms with E-state index < -0.39 is 0 Å². The first-order chi connectivity index (χ1) is 10.2. The van der Waals surface area contributed by atoms with Gasteiger partial charge in [-0.2, -0.15) is 0 Å². The molecular weight excluding hydrogens is 256 g/mol. The Labute approximate surface area is 131 Å². The predicted octanol–water partition coefficient (Wildman–Crippen LogP) is 4.41. The summed E-state index contributed by atoms with van der Waals surface area (Å²) >= 11 is 0. The molecule has 0 saturated carbocycles. The van der Waals surface area contributed by atoms with E-state index >= 15 is 0 Å². The standard InChI is InChI=1S/C19H34N2/c1-5-7-13-21(14-8-6-2)16-18-9-11-19(12-10-18)17(3)15-20-4/h9-12,17,20H,5-8,13-16H2,1-4H3. The molecule has 1 N–H and O–H groups in total. The third-order valence-corrected chi connectivity index (χ3v) is 4.12. The van der Waals surface area contributed by atoms with Crippen molar-refractivity contribution in [3.63, 3.8) is 0 Å². The van der Waals surface area contributed by atoms with Crippen LogP contribution in [0.15, 0.2) is 24.3 Å². The van der Waals surface area contributed by atoms with Gasteiger partial charge in [-0.15, -0.1) is 0 Å². The van der Waals surface area contributed by atoms with Crippen LogP contribution in [0.2, 0.25) is 0 Å². The molecule has 0 aromatic heterocycles. The summed E-state index contributed by atoms with van der Waals surface area (Å²) in [7, 11) is 2.02. The van der Waals surface area contributed by atoms with E-state index in [-0.39, 0.29) is 0 Å². The van der Waals surface area contributed by atoms with E-state index in [4.69, 9.17) is 0 Å². The van der Waals surface area contributed by atoms with E-state index in [1.807, 2.05) is 7.05 Å². The maximum atomic E-state index is 3.25. The van der Waals surface area contributed by atoms with Gasteiger partial charge in [-0.05, 0) is 50.0 Å². The van der Waals surface area contributed by atoms with Gasteiger partial charge in [-0.1, -0.05) is 57.9 Å². The molecule has 1 rings (SSSR count). The predicted molar refractivity (Wildman–Crippen MR) is 93.9 cm³/mol. The van der Waals surface area contributed by atoms with Gasteiger partial charge in [0.05, 0.1) is 0 Å². The SMILES string of the molecule is CCCCN(CCCC)Cc1ccc(C(C)CNC)cc1. The number of benzene rings is 1. The second-order valence-electron chi connectivity index (χ2n) is 6.18. The third-order valence-electron chi connectivity index (χ3n) is 4.12. The summed E-state index contributed by atoms with van der Waals surface area (Å²) < 4.78 is 0. The second kappa shape index (κ2) is 10.8. The molecule has 1 aromatic rings. The molecular formula is C19H34N2. The van der Waals surface area contributed by atoms with Gasteiger partial charge in [-0.25, -0.2) is 0 Å². The lowest BCUT2D eigenvalue weighted by molar-refractivity contribution is 0.257. The van der Waals surface area contributed by atoms with Crippen LogP contribution in [-0.4, -0.2) is 31.6 Å². The van der Waals surface area contributed by atoms with E-state index in [0.717, 1.165) is 13.1 Å². The number of nitrogens with zero attached hydrogens (tertiary/aromatic N) is 1. The topological polar surface area (TPSA) is 15.3 Å². The van der Waals surface area contributed by atoms with Crippen LogP contribution in [0.5, 0.6) is 0 Å². The molecule has 1 unspecified atom stereocenters. The number of hydrogen-bond acceptors (Lipinski definition) is 2. The zero-order valence-electron chi connectivity index (χ0n) is 14.5. The van der Waals surface area contributed by atoms with Crippen molar-refractivity contribution in [3.05, 3.63) is 35.4 Å². The average molecular weight is 290 g/mol. The Hall–Kier alpha value is -0.860. The molecule has 1 aromatic carbocycles. The first kappa shape index (κ1) is 18.2. The van der Waals surface area contributed by atoms with Crippen LogP contribution in [0.1, 0.15) is 63.5 Å². The van der Waals surface area contributed by atoms with E-state index in [9.17, 15) is 0 Å². The van der Waals surface area contributed by atoms with Crippen molar-refractivity contribution in [1.82, 2.24) is 10.2 Å². The van der Waals surface area contributed by atoms with Gasteiger partial charge >= 0.3 is 0 Å². The summed E-state index contributed by atoms with van der Waals surface area (Å²) in [6.07, 6.45) is 5.17. The molecule has 0 radical (unpaired) electrons. The molecule has 1 atom stereocenters. The number of rotatable bonds is 11. The minimum Gasteiger partial charge on any atom is -0.319 e. The van der Waals surface area contributed by atoms with Crippen LogP contribution in [0, 0.1) is 0 Å². The van der Waals surface area contributed by atoms with Gasteiger partial charge in [0.2, 0.25) is 0 Å². The smallest absolute Gasteiger partial charge is 0.0233 e. The Kier molecular flexibility index (Phi) is 9.36. The fourth-order valence-electron chi connectivity index (χ4n) is 2.67. The molecule has 0 spiro atoms. The van der Waals surface area contributed by atoms with Crippen LogP contribution in [0.4, 0.5) is 0 Å². The Morgan fingerprint density at radius 2 is 1.57 bits per heavy atom. The molecule has 0 aliphatic carbocycles. The lowest BCUT2D eigenvalue weighted by Crippen LogP contribution is -2.25. The van der Waals surface area contributed by atoms with Crippen molar-refractivity contribution in [2.24, 2.45) is 0 Å². The molecule has 2 nitrogen and oxygen atoms in total. The summed E-state index contributed by atoms with van der Waals surface area (Å²) in [6, 6.07) is 9.23. The number of nitrogens with one attached hydrogen (secondary N) is 1. The Bertz CT molecular complexity index is 350. The van der Waals surface area contributed by atoms with Crippen molar-refractivity contribution < 1.29 is 0 Å². The quantitative estimate of drug-likeness (QED) is 0.649. The van der Waals surface area contributed by atoms with Crippen LogP contribution in [0.25, 0.3) is 0 Å². The first-order valence-electron chi connectivity index (χ1n) is 8.67. The van der Waals surface area contributed by atoms with Crippen molar-refractivity contribution in [1.29, 1.82) is 0 Å². The molecule has 120 valence electrons. The molecule has 0 amide bonds. The Balaban J connectivity index is 2.57. The van der Waals surface area contributed by atoms with Crippen molar-refractivity contribution in [2.45, 2.75) is 58.9 Å². The minimum absolute atomic E-state index is 0.584. The monoisotopic (exact) mass is 290 g/mol. The normalized spacial score (nSPS) is 12.8. The highest BCUT2D eigenvalue weighted by Gasteiger charge is 2.07. The van der Waals surface area contributed by atoms with Gasteiger partial charge in [0.1, 0.15) is 0 Å². The lowest BCUT2D eigenvalue weighted by Gasteiger charge is -2.22. The van der Waals surface area contributed by atoms with E-state index in [1.54, 1.807) is 0 Å². The zero-order valence-corrected chi connectivity index (χ0v) is 14.5. The molecule has 0 aliphatic rings. The Morgan fingerprint density at radius 1 is 1.00 bits per heavy atom. The average Bonchev–Trinajstić information content (AvgIpc) is 2.51. The van der Waals surface area contributed by atoms with Crippen LogP contribution in [0.3, 0.4) is 0 Å². The van der Waals surface area contributed by atoms with Crippen LogP contribution in [-0.2, 0) is 6.54 Å². The summed E-state index contributed by atoms with van der Waals surface area (Å²) in [4.78, 5) is 2.61. The zero-order chi connectivity index (χ0) is 15.5. The Morgan fingerprint density at radius 3 is 2.05 bits per heavy atom. The van der Waals surface area contributed by atoms with Gasteiger partial charge in [0.15, 0.2) is 0 Å². The highest BCUT2D eigenvalue weighted by Crippen LogP contribution is 2.16. The van der Waals surface area contributed by atoms with Crippen molar-refractivity contribution in [3.8, 4) is 0 Å². The van der Waals surface area contributed by atoms with Crippen LogP contribution >= 0.6 is 0 Å². The fraction of sp³-hybridized carbons (Fsp3) is 0.684. The summed E-state index contributed by atoms with van der Waals surface area (Å²) in [5, 5.41) is 3.25. The number of unbranched alkanes of at least 4 members (excludes halogenated alkanes) is 2.